The Bertz CT molecular complexity index is 387. The molecule has 0 fully saturated rings. The number of hydrogen-bond acceptors (Lipinski definition) is 3. The molecule has 5 heteroatoms. The highest BCUT2D eigenvalue weighted by molar-refractivity contribution is 7.58. The van der Waals surface area contributed by atoms with Crippen molar-refractivity contribution in [2.45, 2.75) is 84.2 Å². The third kappa shape index (κ3) is 4.95. The molecule has 0 radical (unpaired) electrons. The van der Waals surface area contributed by atoms with Crippen molar-refractivity contribution in [1.29, 1.82) is 0 Å². The van der Waals surface area contributed by atoms with Gasteiger partial charge in [0.2, 0.25) is 0 Å². The third-order valence-electron chi connectivity index (χ3n) is 3.75. The van der Waals surface area contributed by atoms with Crippen molar-refractivity contribution in [2.75, 3.05) is 0 Å². The SMILES string of the molecule is CC(C)P(NC1=CC=CC(N)N1P(C(C)C)C(C)C)C(C)C. The first kappa shape index (κ1) is 19.9. The summed E-state index contributed by atoms with van der Waals surface area (Å²) in [5.41, 5.74) is 9.02. The van der Waals surface area contributed by atoms with Crippen molar-refractivity contribution in [1.82, 2.24) is 9.76 Å². The van der Waals surface area contributed by atoms with Crippen LogP contribution in [0, 0.1) is 0 Å². The molecular weight excluding hydrogens is 308 g/mol. The average Bonchev–Trinajstić information content (AvgIpc) is 2.37. The maximum atomic E-state index is 6.46. The Morgan fingerprint density at radius 3 is 1.86 bits per heavy atom. The molecule has 0 bridgehead atoms. The van der Waals surface area contributed by atoms with Crippen LogP contribution in [0.1, 0.15) is 55.4 Å². The number of allylic oxidation sites excluding steroid dienone is 2. The standard InChI is InChI=1S/C17H35N3P2/c1-12(2)21(13(3)4)19-17-11-9-10-16(18)20(17)22(14(5)6)15(7)8/h9-16,19H,18H2,1-8H3. The molecular formula is C17H35N3P2. The fourth-order valence-electron chi connectivity index (χ4n) is 3.03. The molecule has 0 aromatic heterocycles. The van der Waals surface area contributed by atoms with E-state index >= 15 is 0 Å². The van der Waals surface area contributed by atoms with E-state index in [0.29, 0.717) is 22.6 Å². The second kappa shape index (κ2) is 8.67. The Morgan fingerprint density at radius 2 is 1.45 bits per heavy atom. The van der Waals surface area contributed by atoms with Gasteiger partial charge in [0.15, 0.2) is 0 Å². The highest BCUT2D eigenvalue weighted by atomic mass is 31.1. The molecule has 0 aliphatic carbocycles. The highest BCUT2D eigenvalue weighted by Gasteiger charge is 2.32. The van der Waals surface area contributed by atoms with Gasteiger partial charge in [0.05, 0.1) is 0 Å². The van der Waals surface area contributed by atoms with E-state index in [-0.39, 0.29) is 22.3 Å². The zero-order valence-corrected chi connectivity index (χ0v) is 17.3. The van der Waals surface area contributed by atoms with Gasteiger partial charge in [-0.15, -0.1) is 0 Å². The van der Waals surface area contributed by atoms with Gasteiger partial charge in [0.25, 0.3) is 0 Å². The zero-order valence-electron chi connectivity index (χ0n) is 15.5. The van der Waals surface area contributed by atoms with Crippen molar-refractivity contribution < 1.29 is 0 Å². The summed E-state index contributed by atoms with van der Waals surface area (Å²) in [4.78, 5) is 0. The maximum Gasteiger partial charge on any atom is 0.109 e. The normalized spacial score (nSPS) is 19.3. The van der Waals surface area contributed by atoms with E-state index in [4.69, 9.17) is 5.73 Å². The molecule has 22 heavy (non-hydrogen) atoms. The second-order valence-electron chi connectivity index (χ2n) is 7.05. The van der Waals surface area contributed by atoms with Gasteiger partial charge in [-0.25, -0.2) is 0 Å². The number of rotatable bonds is 7. The lowest BCUT2D eigenvalue weighted by atomic mass is 10.3. The van der Waals surface area contributed by atoms with Crippen LogP contribution in [0.5, 0.6) is 0 Å². The first-order valence-electron chi connectivity index (χ1n) is 8.43. The molecule has 1 unspecified atom stereocenters. The molecule has 0 saturated heterocycles. The van der Waals surface area contributed by atoms with E-state index < -0.39 is 0 Å². The van der Waals surface area contributed by atoms with Crippen LogP contribution < -0.4 is 10.8 Å². The minimum atomic E-state index is -0.308. The van der Waals surface area contributed by atoms with E-state index in [1.54, 1.807) is 0 Å². The Hall–Kier alpha value is -0.100. The summed E-state index contributed by atoms with van der Waals surface area (Å²) in [6, 6.07) is 0. The number of hydrogen-bond donors (Lipinski definition) is 2. The molecule has 0 spiro atoms. The van der Waals surface area contributed by atoms with Gasteiger partial charge >= 0.3 is 0 Å². The molecule has 1 aliphatic rings. The third-order valence-corrected chi connectivity index (χ3v) is 9.56. The molecule has 0 aromatic rings. The molecule has 1 rings (SSSR count). The summed E-state index contributed by atoms with van der Waals surface area (Å²) in [6.45, 7) is 18.5. The first-order valence-corrected chi connectivity index (χ1v) is 11.3. The lowest BCUT2D eigenvalue weighted by Gasteiger charge is -2.45. The van der Waals surface area contributed by atoms with Crippen molar-refractivity contribution in [3.8, 4) is 0 Å². The molecule has 3 N–H and O–H groups in total. The van der Waals surface area contributed by atoms with Crippen molar-refractivity contribution in [3.63, 3.8) is 0 Å². The summed E-state index contributed by atoms with van der Waals surface area (Å²) in [7, 11) is -0.558. The number of nitrogens with one attached hydrogen (secondary N) is 1. The van der Waals surface area contributed by atoms with Crippen LogP contribution in [0.3, 0.4) is 0 Å². The Labute approximate surface area is 140 Å². The Balaban J connectivity index is 3.08. The molecule has 1 heterocycles. The van der Waals surface area contributed by atoms with Crippen LogP contribution in [-0.2, 0) is 0 Å². The van der Waals surface area contributed by atoms with Gasteiger partial charge in [-0.3, -0.25) is 0 Å². The van der Waals surface area contributed by atoms with Gasteiger partial charge in [-0.1, -0.05) is 61.5 Å². The van der Waals surface area contributed by atoms with Gasteiger partial charge in [0.1, 0.15) is 12.0 Å². The van der Waals surface area contributed by atoms with E-state index in [9.17, 15) is 0 Å². The van der Waals surface area contributed by atoms with Gasteiger partial charge < -0.3 is 15.5 Å². The predicted octanol–water partition coefficient (Wildman–Crippen LogP) is 5.00. The summed E-state index contributed by atoms with van der Waals surface area (Å²) in [5, 5.41) is 3.86. The molecule has 1 atom stereocenters. The average molecular weight is 343 g/mol. The van der Waals surface area contributed by atoms with Crippen molar-refractivity contribution >= 4 is 16.1 Å². The fraction of sp³-hybridized carbons (Fsp3) is 0.765. The maximum absolute atomic E-state index is 6.46. The Morgan fingerprint density at radius 1 is 0.955 bits per heavy atom. The quantitative estimate of drug-likeness (QED) is 0.639. The number of nitrogens with two attached hydrogens (primary N) is 1. The summed E-state index contributed by atoms with van der Waals surface area (Å²) in [5.74, 6) is 1.23. The minimum absolute atomic E-state index is 0.0143. The van der Waals surface area contributed by atoms with Gasteiger partial charge in [0, 0.05) is 0 Å². The lowest BCUT2D eigenvalue weighted by molar-refractivity contribution is 0.451. The molecule has 128 valence electrons. The topological polar surface area (TPSA) is 41.3 Å². The fourth-order valence-corrected chi connectivity index (χ4v) is 8.20. The van der Waals surface area contributed by atoms with Gasteiger partial charge in [-0.05, 0) is 50.9 Å². The highest BCUT2D eigenvalue weighted by Crippen LogP contribution is 2.54. The van der Waals surface area contributed by atoms with E-state index in [1.807, 2.05) is 0 Å². The van der Waals surface area contributed by atoms with Crippen LogP contribution in [0.4, 0.5) is 0 Å². The van der Waals surface area contributed by atoms with E-state index in [2.05, 4.69) is 83.4 Å². The zero-order chi connectivity index (χ0) is 17.0. The lowest BCUT2D eigenvalue weighted by Crippen LogP contribution is -2.44. The molecule has 0 aromatic carbocycles. The van der Waals surface area contributed by atoms with Crippen molar-refractivity contribution in [2.24, 2.45) is 5.73 Å². The van der Waals surface area contributed by atoms with Crippen LogP contribution in [0.2, 0.25) is 0 Å². The van der Waals surface area contributed by atoms with Crippen LogP contribution in [0.25, 0.3) is 0 Å². The Kier molecular flexibility index (Phi) is 7.86. The molecule has 1 aliphatic heterocycles. The second-order valence-corrected chi connectivity index (χ2v) is 13.4. The van der Waals surface area contributed by atoms with Crippen LogP contribution in [-0.4, -0.2) is 33.5 Å². The van der Waals surface area contributed by atoms with E-state index in [0.717, 1.165) is 0 Å². The smallest absolute Gasteiger partial charge is 0.109 e. The van der Waals surface area contributed by atoms with Crippen molar-refractivity contribution in [3.05, 3.63) is 24.0 Å². The molecule has 3 nitrogen and oxygen atoms in total. The molecule has 0 saturated carbocycles. The summed E-state index contributed by atoms with van der Waals surface area (Å²) >= 11 is 0. The first-order chi connectivity index (χ1) is 10.2. The monoisotopic (exact) mass is 343 g/mol. The summed E-state index contributed by atoms with van der Waals surface area (Å²) in [6.07, 6.45) is 6.41. The summed E-state index contributed by atoms with van der Waals surface area (Å²) < 4.78 is 2.46. The van der Waals surface area contributed by atoms with Gasteiger partial charge in [-0.2, -0.15) is 0 Å². The van der Waals surface area contributed by atoms with E-state index in [1.165, 1.54) is 5.82 Å². The number of nitrogens with zero attached hydrogens (tertiary/aromatic N) is 1. The predicted molar refractivity (Wildman–Crippen MR) is 105 cm³/mol. The largest absolute Gasteiger partial charge is 0.350 e. The van der Waals surface area contributed by atoms with Crippen LogP contribution in [0.15, 0.2) is 24.0 Å². The van der Waals surface area contributed by atoms with Crippen LogP contribution >= 0.6 is 16.1 Å². The minimum Gasteiger partial charge on any atom is -0.350 e. The molecule has 0 amide bonds.